The molecule has 0 fully saturated rings. The molecule has 0 spiro atoms. The first-order valence-electron chi connectivity index (χ1n) is 7.28. The summed E-state index contributed by atoms with van der Waals surface area (Å²) in [6.45, 7) is 1.62. The molecule has 0 amide bonds. The minimum absolute atomic E-state index is 0.248. The number of ketones is 1. The number of aromatic nitrogens is 1. The number of sulfonamides is 1. The van der Waals surface area contributed by atoms with Crippen molar-refractivity contribution in [2.75, 3.05) is 11.0 Å². The molecule has 1 aromatic heterocycles. The van der Waals surface area contributed by atoms with Gasteiger partial charge in [0.1, 0.15) is 0 Å². The summed E-state index contributed by atoms with van der Waals surface area (Å²) < 4.78 is 62.2. The van der Waals surface area contributed by atoms with Crippen LogP contribution in [-0.4, -0.2) is 30.7 Å². The fourth-order valence-corrected chi connectivity index (χ4v) is 3.43. The summed E-state index contributed by atoms with van der Waals surface area (Å²) in [4.78, 5) is 16.1. The number of benzene rings is 1. The summed E-state index contributed by atoms with van der Waals surface area (Å²) in [5.74, 6) is -0.248. The van der Waals surface area contributed by atoms with E-state index in [0.29, 0.717) is 16.3 Å². The van der Waals surface area contributed by atoms with E-state index in [0.717, 1.165) is 30.3 Å². The van der Waals surface area contributed by atoms with Gasteiger partial charge in [-0.15, -0.1) is 0 Å². The Bertz CT molecular complexity index is 880. The lowest BCUT2D eigenvalue weighted by atomic mass is 10.1. The highest BCUT2D eigenvalue weighted by atomic mass is 32.2. The predicted molar refractivity (Wildman–Crippen MR) is 93.8 cm³/mol. The van der Waals surface area contributed by atoms with E-state index in [1.54, 1.807) is 6.92 Å². The van der Waals surface area contributed by atoms with Gasteiger partial charge in [0.05, 0.1) is 22.1 Å². The third-order valence-electron chi connectivity index (χ3n) is 3.20. The number of Topliss-reactive ketones (excluding diaryl/α,β-unsaturated/α-hetero) is 1. The van der Waals surface area contributed by atoms with E-state index in [1.807, 2.05) is 0 Å². The lowest BCUT2D eigenvalue weighted by Gasteiger charge is -2.11. The normalized spacial score (nSPS) is 13.3. The molecule has 0 aliphatic heterocycles. The Hall–Kier alpha value is -2.07. The Balaban J connectivity index is 2.05. The Labute approximate surface area is 153 Å². The number of halogens is 3. The summed E-state index contributed by atoms with van der Waals surface area (Å²) in [6, 6.07) is 8.01. The van der Waals surface area contributed by atoms with Crippen LogP contribution < -0.4 is 4.72 Å². The van der Waals surface area contributed by atoms with Gasteiger partial charge in [0.2, 0.25) is 10.0 Å². The first kappa shape index (κ1) is 20.2. The number of rotatable bonds is 6. The number of anilines is 1. The molecule has 1 N–H and O–H groups in total. The molecule has 140 valence electrons. The highest BCUT2D eigenvalue weighted by Gasteiger charge is 2.30. The van der Waals surface area contributed by atoms with Crippen LogP contribution in [-0.2, 0) is 16.2 Å². The van der Waals surface area contributed by atoms with Crippen molar-refractivity contribution in [3.8, 4) is 0 Å². The highest BCUT2D eigenvalue weighted by molar-refractivity contribution is 8.00. The van der Waals surface area contributed by atoms with Crippen LogP contribution in [0.25, 0.3) is 0 Å². The zero-order valence-corrected chi connectivity index (χ0v) is 15.4. The molecule has 1 atom stereocenters. The summed E-state index contributed by atoms with van der Waals surface area (Å²) in [6.07, 6.45) is -2.72. The van der Waals surface area contributed by atoms with Gasteiger partial charge >= 0.3 is 6.18 Å². The average molecular weight is 404 g/mol. The molecular formula is C16H15F3N2O3S2. The maximum Gasteiger partial charge on any atom is 0.417 e. The minimum atomic E-state index is -4.46. The van der Waals surface area contributed by atoms with E-state index in [9.17, 15) is 26.4 Å². The number of nitrogens with one attached hydrogen (secondary N) is 1. The van der Waals surface area contributed by atoms with Crippen LogP contribution in [0.3, 0.4) is 0 Å². The number of hydrogen-bond donors (Lipinski definition) is 1. The minimum Gasteiger partial charge on any atom is -0.293 e. The molecule has 2 rings (SSSR count). The zero-order valence-electron chi connectivity index (χ0n) is 13.7. The monoisotopic (exact) mass is 404 g/mol. The average Bonchev–Trinajstić information content (AvgIpc) is 2.53. The Kier molecular flexibility index (Phi) is 5.97. The quantitative estimate of drug-likeness (QED) is 0.585. The molecule has 0 aliphatic rings. The van der Waals surface area contributed by atoms with Crippen LogP contribution in [0.1, 0.15) is 22.8 Å². The van der Waals surface area contributed by atoms with Gasteiger partial charge in [0.15, 0.2) is 5.78 Å². The van der Waals surface area contributed by atoms with Crippen molar-refractivity contribution < 1.29 is 26.4 Å². The molecule has 1 heterocycles. The van der Waals surface area contributed by atoms with E-state index < -0.39 is 27.0 Å². The molecular weight excluding hydrogens is 389 g/mol. The molecule has 10 heteroatoms. The SMILES string of the molecule is CC(Sc1ccc(C(F)(F)F)cn1)C(=O)c1ccc(NS(C)(=O)=O)cc1. The fraction of sp³-hybridized carbons (Fsp3) is 0.250. The highest BCUT2D eigenvalue weighted by Crippen LogP contribution is 2.31. The Morgan fingerprint density at radius 2 is 1.77 bits per heavy atom. The van der Waals surface area contributed by atoms with Gasteiger partial charge < -0.3 is 0 Å². The number of thioether (sulfide) groups is 1. The van der Waals surface area contributed by atoms with E-state index >= 15 is 0 Å². The summed E-state index contributed by atoms with van der Waals surface area (Å²) >= 11 is 1.04. The first-order valence-corrected chi connectivity index (χ1v) is 10.0. The van der Waals surface area contributed by atoms with E-state index in [2.05, 4.69) is 9.71 Å². The second kappa shape index (κ2) is 7.67. The van der Waals surface area contributed by atoms with Gasteiger partial charge in [-0.1, -0.05) is 11.8 Å². The maximum atomic E-state index is 12.5. The van der Waals surface area contributed by atoms with Crippen molar-refractivity contribution in [3.05, 3.63) is 53.7 Å². The van der Waals surface area contributed by atoms with Crippen molar-refractivity contribution in [2.24, 2.45) is 0 Å². The lowest BCUT2D eigenvalue weighted by molar-refractivity contribution is -0.137. The summed E-state index contributed by atoms with van der Waals surface area (Å²) in [7, 11) is -3.41. The molecule has 0 saturated heterocycles. The van der Waals surface area contributed by atoms with Gasteiger partial charge in [-0.3, -0.25) is 9.52 Å². The van der Waals surface area contributed by atoms with Gasteiger partial charge in [0, 0.05) is 17.4 Å². The molecule has 0 aliphatic carbocycles. The first-order chi connectivity index (χ1) is 12.0. The van der Waals surface area contributed by atoms with Crippen LogP contribution in [0, 0.1) is 0 Å². The zero-order chi connectivity index (χ0) is 19.5. The maximum absolute atomic E-state index is 12.5. The Morgan fingerprint density at radius 1 is 1.15 bits per heavy atom. The van der Waals surface area contributed by atoms with Crippen LogP contribution in [0.5, 0.6) is 0 Å². The van der Waals surface area contributed by atoms with Crippen molar-refractivity contribution in [2.45, 2.75) is 23.4 Å². The van der Waals surface area contributed by atoms with Crippen molar-refractivity contribution in [1.29, 1.82) is 0 Å². The van der Waals surface area contributed by atoms with Gasteiger partial charge in [-0.25, -0.2) is 13.4 Å². The van der Waals surface area contributed by atoms with E-state index in [4.69, 9.17) is 0 Å². The molecule has 1 unspecified atom stereocenters. The smallest absolute Gasteiger partial charge is 0.293 e. The van der Waals surface area contributed by atoms with E-state index in [-0.39, 0.29) is 5.78 Å². The molecule has 0 saturated carbocycles. The topological polar surface area (TPSA) is 76.1 Å². The van der Waals surface area contributed by atoms with Crippen LogP contribution in [0.4, 0.5) is 18.9 Å². The summed E-state index contributed by atoms with van der Waals surface area (Å²) in [5.41, 5.74) is -0.167. The number of carbonyl (C=O) groups excluding carboxylic acids is 1. The molecule has 0 bridgehead atoms. The molecule has 0 radical (unpaired) electrons. The van der Waals surface area contributed by atoms with Crippen molar-refractivity contribution >= 4 is 33.3 Å². The van der Waals surface area contributed by atoms with Crippen molar-refractivity contribution in [1.82, 2.24) is 4.98 Å². The van der Waals surface area contributed by atoms with Gasteiger partial charge in [0.25, 0.3) is 0 Å². The second-order valence-corrected chi connectivity index (χ2v) is 8.57. The standard InChI is InChI=1S/C16H15F3N2O3S2/c1-10(25-14-8-5-12(9-20-14)16(17,18)19)15(22)11-3-6-13(7-4-11)21-26(2,23)24/h3-10,21H,1-2H3. The fourth-order valence-electron chi connectivity index (χ4n) is 2.00. The molecule has 1 aromatic carbocycles. The number of nitrogens with zero attached hydrogens (tertiary/aromatic N) is 1. The second-order valence-electron chi connectivity index (χ2n) is 5.46. The largest absolute Gasteiger partial charge is 0.417 e. The number of hydrogen-bond acceptors (Lipinski definition) is 5. The van der Waals surface area contributed by atoms with Crippen LogP contribution in [0.2, 0.25) is 0 Å². The number of pyridine rings is 1. The molecule has 2 aromatic rings. The molecule has 26 heavy (non-hydrogen) atoms. The predicted octanol–water partition coefficient (Wildman–Crippen LogP) is 3.84. The van der Waals surface area contributed by atoms with Crippen LogP contribution in [0.15, 0.2) is 47.6 Å². The third kappa shape index (κ3) is 5.73. The van der Waals surface area contributed by atoms with Crippen LogP contribution >= 0.6 is 11.8 Å². The summed E-state index contributed by atoms with van der Waals surface area (Å²) in [5, 5.41) is -0.276. The third-order valence-corrected chi connectivity index (χ3v) is 4.86. The van der Waals surface area contributed by atoms with E-state index in [1.165, 1.54) is 30.3 Å². The Morgan fingerprint density at radius 3 is 2.23 bits per heavy atom. The van der Waals surface area contributed by atoms with Gasteiger partial charge in [-0.05, 0) is 43.3 Å². The number of alkyl halides is 3. The number of carbonyl (C=O) groups is 1. The lowest BCUT2D eigenvalue weighted by Crippen LogP contribution is -2.14. The van der Waals surface area contributed by atoms with Crippen molar-refractivity contribution in [3.63, 3.8) is 0 Å². The van der Waals surface area contributed by atoms with Gasteiger partial charge in [-0.2, -0.15) is 13.2 Å². The molecule has 5 nitrogen and oxygen atoms in total.